The second-order valence-electron chi connectivity index (χ2n) is 5.15. The number of nitrogens with two attached hydrogens (primary N) is 1. The first-order valence-electron chi connectivity index (χ1n) is 7.03. The predicted octanol–water partition coefficient (Wildman–Crippen LogP) is 2.83. The number of nitrogens with zero attached hydrogens (tertiary/aromatic N) is 1. The maximum atomic E-state index is 11.3. The van der Waals surface area contributed by atoms with Gasteiger partial charge in [0.25, 0.3) is 5.69 Å². The average molecular weight is 367 g/mol. The standard InChI is InChI=1S/C15H17N3O4S2/c1-11(10-23-12-5-3-2-4-6-12)17-14-8-7-13(24(16,21)22)9-15(14)18(19)20/h2-9,11,17H,10H2,1H3,(H2,16,21,22)/t11-/m0/s1. The second kappa shape index (κ2) is 7.65. The van der Waals surface area contributed by atoms with Crippen LogP contribution >= 0.6 is 11.8 Å². The molecule has 0 heterocycles. The van der Waals surface area contributed by atoms with Gasteiger partial charge in [-0.3, -0.25) is 10.1 Å². The highest BCUT2D eigenvalue weighted by Gasteiger charge is 2.20. The van der Waals surface area contributed by atoms with E-state index in [-0.39, 0.29) is 22.3 Å². The number of rotatable bonds is 7. The van der Waals surface area contributed by atoms with Crippen molar-refractivity contribution in [1.82, 2.24) is 0 Å². The number of primary sulfonamides is 1. The van der Waals surface area contributed by atoms with E-state index in [9.17, 15) is 18.5 Å². The third kappa shape index (κ3) is 4.95. The van der Waals surface area contributed by atoms with Crippen LogP contribution in [0.2, 0.25) is 0 Å². The van der Waals surface area contributed by atoms with Gasteiger partial charge in [-0.2, -0.15) is 0 Å². The Morgan fingerprint density at radius 2 is 1.92 bits per heavy atom. The normalized spacial score (nSPS) is 12.6. The Kier molecular flexibility index (Phi) is 5.81. The van der Waals surface area contributed by atoms with Crippen molar-refractivity contribution in [2.75, 3.05) is 11.1 Å². The summed E-state index contributed by atoms with van der Waals surface area (Å²) in [5.74, 6) is 0.693. The number of benzene rings is 2. The molecule has 0 aromatic heterocycles. The summed E-state index contributed by atoms with van der Waals surface area (Å²) in [5, 5.41) is 19.2. The Morgan fingerprint density at radius 1 is 1.25 bits per heavy atom. The molecule has 0 aliphatic rings. The molecule has 0 unspecified atom stereocenters. The van der Waals surface area contributed by atoms with Crippen LogP contribution in [0, 0.1) is 10.1 Å². The first-order chi connectivity index (χ1) is 11.3. The summed E-state index contributed by atoms with van der Waals surface area (Å²) in [4.78, 5) is 11.4. The molecule has 9 heteroatoms. The number of nitro benzene ring substituents is 1. The summed E-state index contributed by atoms with van der Waals surface area (Å²) < 4.78 is 22.7. The smallest absolute Gasteiger partial charge is 0.293 e. The van der Waals surface area contributed by atoms with Crippen LogP contribution in [0.15, 0.2) is 58.3 Å². The SMILES string of the molecule is C[C@@H](CSc1ccccc1)Nc1ccc(S(N)(=O)=O)cc1[N+](=O)[O-]. The van der Waals surface area contributed by atoms with Crippen LogP contribution in [-0.4, -0.2) is 25.1 Å². The molecule has 24 heavy (non-hydrogen) atoms. The third-order valence-electron chi connectivity index (χ3n) is 3.14. The van der Waals surface area contributed by atoms with Crippen molar-refractivity contribution < 1.29 is 13.3 Å². The van der Waals surface area contributed by atoms with Crippen molar-refractivity contribution in [1.29, 1.82) is 0 Å². The number of sulfonamides is 1. The molecule has 2 aromatic carbocycles. The summed E-state index contributed by atoms with van der Waals surface area (Å²) in [6.45, 7) is 1.90. The van der Waals surface area contributed by atoms with Gasteiger partial charge in [0.2, 0.25) is 10.0 Å². The molecule has 0 spiro atoms. The molecule has 0 saturated carbocycles. The monoisotopic (exact) mass is 367 g/mol. The molecule has 3 N–H and O–H groups in total. The molecule has 128 valence electrons. The van der Waals surface area contributed by atoms with Gasteiger partial charge in [0, 0.05) is 22.8 Å². The molecule has 0 aliphatic carbocycles. The van der Waals surface area contributed by atoms with E-state index in [1.165, 1.54) is 12.1 Å². The van der Waals surface area contributed by atoms with Gasteiger partial charge >= 0.3 is 0 Å². The van der Waals surface area contributed by atoms with Crippen molar-refractivity contribution in [2.24, 2.45) is 5.14 Å². The number of nitro groups is 1. The van der Waals surface area contributed by atoms with Gasteiger partial charge < -0.3 is 5.32 Å². The van der Waals surface area contributed by atoms with Gasteiger partial charge in [0.1, 0.15) is 5.69 Å². The minimum Gasteiger partial charge on any atom is -0.376 e. The molecule has 0 saturated heterocycles. The minimum absolute atomic E-state index is 0.0609. The number of hydrogen-bond acceptors (Lipinski definition) is 6. The van der Waals surface area contributed by atoms with Gasteiger partial charge in [0.05, 0.1) is 9.82 Å². The molecule has 7 nitrogen and oxygen atoms in total. The Hall–Kier alpha value is -2.10. The van der Waals surface area contributed by atoms with Gasteiger partial charge in [-0.1, -0.05) is 18.2 Å². The van der Waals surface area contributed by atoms with Crippen LogP contribution in [0.5, 0.6) is 0 Å². The molecule has 0 fully saturated rings. The Morgan fingerprint density at radius 3 is 2.50 bits per heavy atom. The van der Waals surface area contributed by atoms with Crippen LogP contribution in [0.1, 0.15) is 6.92 Å². The highest BCUT2D eigenvalue weighted by atomic mass is 32.2. The van der Waals surface area contributed by atoms with E-state index in [1.807, 2.05) is 37.3 Å². The fourth-order valence-corrected chi connectivity index (χ4v) is 3.42. The highest BCUT2D eigenvalue weighted by molar-refractivity contribution is 7.99. The summed E-state index contributed by atoms with van der Waals surface area (Å²) in [6, 6.07) is 13.3. The van der Waals surface area contributed by atoms with Crippen LogP contribution in [0.3, 0.4) is 0 Å². The van der Waals surface area contributed by atoms with Crippen LogP contribution in [0.4, 0.5) is 11.4 Å². The molecule has 1 atom stereocenters. The quantitative estimate of drug-likeness (QED) is 0.442. The van der Waals surface area contributed by atoms with Crippen molar-refractivity contribution in [3.05, 3.63) is 58.6 Å². The molecular formula is C15H17N3O4S2. The molecule has 0 aliphatic heterocycles. The fourth-order valence-electron chi connectivity index (χ4n) is 2.01. The zero-order valence-corrected chi connectivity index (χ0v) is 14.5. The summed E-state index contributed by atoms with van der Waals surface area (Å²) in [5.41, 5.74) is -0.0633. The average Bonchev–Trinajstić information content (AvgIpc) is 2.53. The molecular weight excluding hydrogens is 350 g/mol. The number of nitrogens with one attached hydrogen (secondary N) is 1. The topological polar surface area (TPSA) is 115 Å². The van der Waals surface area contributed by atoms with Gasteiger partial charge in [-0.25, -0.2) is 13.6 Å². The number of hydrogen-bond donors (Lipinski definition) is 2. The maximum Gasteiger partial charge on any atom is 0.293 e. The molecule has 2 rings (SSSR count). The lowest BCUT2D eigenvalue weighted by atomic mass is 10.2. The van der Waals surface area contributed by atoms with E-state index in [0.717, 1.165) is 11.0 Å². The zero-order chi connectivity index (χ0) is 17.7. The van der Waals surface area contributed by atoms with Gasteiger partial charge in [-0.15, -0.1) is 11.8 Å². The minimum atomic E-state index is -3.99. The van der Waals surface area contributed by atoms with Gasteiger partial charge in [-0.05, 0) is 31.2 Å². The third-order valence-corrected chi connectivity index (χ3v) is 5.32. The molecule has 0 radical (unpaired) electrons. The van der Waals surface area contributed by atoms with E-state index < -0.39 is 14.9 Å². The zero-order valence-electron chi connectivity index (χ0n) is 12.9. The Bertz CT molecular complexity index is 826. The van der Waals surface area contributed by atoms with Crippen molar-refractivity contribution in [2.45, 2.75) is 22.8 Å². The Labute approximate surface area is 144 Å². The summed E-state index contributed by atoms with van der Waals surface area (Å²) in [6.07, 6.45) is 0. The van der Waals surface area contributed by atoms with Crippen LogP contribution in [0.25, 0.3) is 0 Å². The number of thioether (sulfide) groups is 1. The lowest BCUT2D eigenvalue weighted by Gasteiger charge is -2.15. The van der Waals surface area contributed by atoms with Crippen molar-refractivity contribution >= 4 is 33.2 Å². The molecule has 0 amide bonds. The first-order valence-corrected chi connectivity index (χ1v) is 9.56. The van der Waals surface area contributed by atoms with Crippen molar-refractivity contribution in [3.63, 3.8) is 0 Å². The van der Waals surface area contributed by atoms with Crippen molar-refractivity contribution in [3.8, 4) is 0 Å². The molecule has 2 aromatic rings. The van der Waals surface area contributed by atoms with E-state index in [1.54, 1.807) is 11.8 Å². The lowest BCUT2D eigenvalue weighted by Crippen LogP contribution is -2.19. The predicted molar refractivity (Wildman–Crippen MR) is 94.7 cm³/mol. The summed E-state index contributed by atoms with van der Waals surface area (Å²) >= 11 is 1.62. The fraction of sp³-hybridized carbons (Fsp3) is 0.200. The maximum absolute atomic E-state index is 11.3. The molecule has 0 bridgehead atoms. The highest BCUT2D eigenvalue weighted by Crippen LogP contribution is 2.28. The van der Waals surface area contributed by atoms with Gasteiger partial charge in [0.15, 0.2) is 0 Å². The van der Waals surface area contributed by atoms with Crippen LogP contribution in [-0.2, 0) is 10.0 Å². The number of anilines is 1. The van der Waals surface area contributed by atoms with E-state index >= 15 is 0 Å². The van der Waals surface area contributed by atoms with E-state index in [2.05, 4.69) is 5.32 Å². The lowest BCUT2D eigenvalue weighted by molar-refractivity contribution is -0.384. The second-order valence-corrected chi connectivity index (χ2v) is 7.81. The van der Waals surface area contributed by atoms with E-state index in [4.69, 9.17) is 5.14 Å². The summed E-state index contributed by atoms with van der Waals surface area (Å²) in [7, 11) is -3.99. The largest absolute Gasteiger partial charge is 0.376 e. The van der Waals surface area contributed by atoms with E-state index in [0.29, 0.717) is 5.75 Å². The van der Waals surface area contributed by atoms with Crippen LogP contribution < -0.4 is 10.5 Å². The first kappa shape index (κ1) is 18.2. The Balaban J connectivity index is 2.12.